The molecule has 2 heterocycles. The van der Waals surface area contributed by atoms with Gasteiger partial charge in [-0.3, -0.25) is 19.1 Å². The average Bonchev–Trinajstić information content (AvgIpc) is 3.29. The maximum Gasteiger partial charge on any atom is 0.471 e. The number of fused-ring (bicyclic) bond motifs is 1. The smallest absolute Gasteiger partial charge is 0.471 e. The highest BCUT2D eigenvalue weighted by atomic mass is 31.2. The van der Waals surface area contributed by atoms with Crippen molar-refractivity contribution in [2.45, 2.75) is 78.5 Å². The van der Waals surface area contributed by atoms with Gasteiger partial charge in [-0.15, -0.1) is 0 Å². The number of esters is 1. The van der Waals surface area contributed by atoms with E-state index in [1.165, 1.54) is 18.0 Å². The zero-order valence-electron chi connectivity index (χ0n) is 25.7. The van der Waals surface area contributed by atoms with E-state index >= 15 is 0 Å². The Kier molecular flexibility index (Phi) is 10.8. The Balaban J connectivity index is 2.04. The van der Waals surface area contributed by atoms with Gasteiger partial charge in [0.2, 0.25) is 11.8 Å². The summed E-state index contributed by atoms with van der Waals surface area (Å²) in [5.41, 5.74) is -1.07. The molecule has 0 saturated heterocycles. The minimum absolute atomic E-state index is 0.0268. The Morgan fingerprint density at radius 2 is 1.59 bits per heavy atom. The number of aromatic nitrogens is 4. The molecule has 44 heavy (non-hydrogen) atoms. The van der Waals surface area contributed by atoms with Gasteiger partial charge < -0.3 is 23.1 Å². The summed E-state index contributed by atoms with van der Waals surface area (Å²) < 4.78 is 78.4. The lowest BCUT2D eigenvalue weighted by molar-refractivity contribution is -0.170. The second-order valence-electron chi connectivity index (χ2n) is 11.8. The number of nitrogens with zero attached hydrogens (tertiary/aromatic N) is 5. The molecule has 0 fully saturated rings. The molecule has 0 bridgehead atoms. The van der Waals surface area contributed by atoms with Crippen molar-refractivity contribution >= 4 is 36.6 Å². The van der Waals surface area contributed by atoms with Crippen LogP contribution in [0.15, 0.2) is 36.7 Å². The van der Waals surface area contributed by atoms with Crippen molar-refractivity contribution in [3.05, 3.63) is 42.2 Å². The van der Waals surface area contributed by atoms with Crippen LogP contribution in [0.5, 0.6) is 5.88 Å². The summed E-state index contributed by atoms with van der Waals surface area (Å²) >= 11 is 0. The molecule has 0 aliphatic rings. The molecule has 3 rings (SSSR count). The maximum absolute atomic E-state index is 13.9. The highest BCUT2D eigenvalue weighted by Gasteiger charge is 2.45. The summed E-state index contributed by atoms with van der Waals surface area (Å²) in [7, 11) is -2.67. The van der Waals surface area contributed by atoms with Crippen molar-refractivity contribution in [3.8, 4) is 5.88 Å². The monoisotopic (exact) mass is 643 g/mol. The molecule has 0 radical (unpaired) electrons. The summed E-state index contributed by atoms with van der Waals surface area (Å²) in [6.07, 6.45) is -4.60. The minimum Gasteiger partial charge on any atom is -0.471 e. The van der Waals surface area contributed by atoms with Gasteiger partial charge in [-0.25, -0.2) is 4.98 Å². The quantitative estimate of drug-likeness (QED) is 0.179. The van der Waals surface area contributed by atoms with Gasteiger partial charge in [0.25, 0.3) is 0 Å². The van der Waals surface area contributed by atoms with Crippen molar-refractivity contribution in [2.75, 3.05) is 24.7 Å². The Morgan fingerprint density at radius 3 is 2.14 bits per heavy atom. The predicted octanol–water partition coefficient (Wildman–Crippen LogP) is 5.69. The molecule has 0 N–H and O–H groups in total. The molecule has 0 spiro atoms. The van der Waals surface area contributed by atoms with E-state index in [2.05, 4.69) is 15.0 Å². The SMILES string of the molecule is COC(=O)Cn1cnc2c(OCc3ccccc3)nc(N(CCCP(=O)(OC(C)(C)C)OC(C)(C)C)C(=O)C(F)(F)F)nc21. The van der Waals surface area contributed by atoms with Crippen LogP contribution in [0.4, 0.5) is 19.1 Å². The van der Waals surface area contributed by atoms with Crippen molar-refractivity contribution in [1.29, 1.82) is 0 Å². The molecule has 242 valence electrons. The third kappa shape index (κ3) is 10.00. The van der Waals surface area contributed by atoms with E-state index in [9.17, 15) is 27.3 Å². The standard InChI is InChI=1S/C28H37F3N5O7P/c1-26(2,3)42-44(39,43-27(4,5)6)15-11-14-36(24(38)28(29,30)31)25-33-22-21(32-18-35(22)16-20(37)40-7)23(34-25)41-17-19-12-9-8-10-13-19/h8-10,12-13,18H,11,14-17H2,1-7H3. The second kappa shape index (κ2) is 13.6. The number of hydrogen-bond acceptors (Lipinski definition) is 10. The lowest BCUT2D eigenvalue weighted by atomic mass is 10.2. The Morgan fingerprint density at radius 1 is 0.977 bits per heavy atom. The van der Waals surface area contributed by atoms with Gasteiger partial charge in [0.1, 0.15) is 13.2 Å². The molecule has 1 amide bonds. The van der Waals surface area contributed by atoms with Crippen LogP contribution in [-0.2, 0) is 41.1 Å². The molecular formula is C28H37F3N5O7P. The second-order valence-corrected chi connectivity index (χ2v) is 13.8. The van der Waals surface area contributed by atoms with Gasteiger partial charge in [-0.05, 0) is 53.5 Å². The fourth-order valence-electron chi connectivity index (χ4n) is 3.99. The number of anilines is 1. The van der Waals surface area contributed by atoms with E-state index < -0.39 is 49.3 Å². The summed E-state index contributed by atoms with van der Waals surface area (Å²) in [4.78, 5) is 37.5. The van der Waals surface area contributed by atoms with Gasteiger partial charge in [0, 0.05) is 6.54 Å². The Hall–Kier alpha value is -3.55. The number of carbonyl (C=O) groups is 2. The fraction of sp³-hybridized carbons (Fsp3) is 0.536. The van der Waals surface area contributed by atoms with Crippen molar-refractivity contribution in [3.63, 3.8) is 0 Å². The van der Waals surface area contributed by atoms with Gasteiger partial charge in [0.15, 0.2) is 11.2 Å². The number of halogens is 3. The normalized spacial score (nSPS) is 12.8. The molecular weight excluding hydrogens is 606 g/mol. The van der Waals surface area contributed by atoms with E-state index in [-0.39, 0.29) is 42.8 Å². The average molecular weight is 644 g/mol. The van der Waals surface area contributed by atoms with Crippen LogP contribution in [0.2, 0.25) is 0 Å². The van der Waals surface area contributed by atoms with Crippen molar-refractivity contribution in [2.24, 2.45) is 0 Å². The summed E-state index contributed by atoms with van der Waals surface area (Å²) in [5, 5.41) is 0. The number of methoxy groups -OCH3 is 1. The van der Waals surface area contributed by atoms with Gasteiger partial charge in [-0.1, -0.05) is 30.3 Å². The third-order valence-electron chi connectivity index (χ3n) is 5.53. The van der Waals surface area contributed by atoms with E-state index in [1.54, 1.807) is 71.9 Å². The first-order valence-corrected chi connectivity index (χ1v) is 15.4. The highest BCUT2D eigenvalue weighted by molar-refractivity contribution is 7.53. The highest BCUT2D eigenvalue weighted by Crippen LogP contribution is 2.54. The molecule has 0 atom stereocenters. The largest absolute Gasteiger partial charge is 0.471 e. The van der Waals surface area contributed by atoms with E-state index in [0.29, 0.717) is 4.90 Å². The number of benzene rings is 1. The number of amides is 1. The first-order valence-electron chi connectivity index (χ1n) is 13.7. The lowest BCUT2D eigenvalue weighted by Gasteiger charge is -2.32. The third-order valence-corrected chi connectivity index (χ3v) is 8.05. The van der Waals surface area contributed by atoms with Crippen LogP contribution in [0, 0.1) is 0 Å². The first-order chi connectivity index (χ1) is 20.3. The zero-order valence-corrected chi connectivity index (χ0v) is 26.6. The van der Waals surface area contributed by atoms with E-state index in [4.69, 9.17) is 18.5 Å². The lowest BCUT2D eigenvalue weighted by Crippen LogP contribution is -2.43. The van der Waals surface area contributed by atoms with Crippen LogP contribution < -0.4 is 9.64 Å². The van der Waals surface area contributed by atoms with E-state index in [1.807, 2.05) is 0 Å². The molecule has 1 aromatic carbocycles. The number of ether oxygens (including phenoxy) is 2. The van der Waals surface area contributed by atoms with Gasteiger partial charge in [0.05, 0.1) is 30.8 Å². The van der Waals surface area contributed by atoms with Crippen LogP contribution in [0.3, 0.4) is 0 Å². The number of imidazole rings is 1. The molecule has 0 unspecified atom stereocenters. The Bertz CT molecular complexity index is 1480. The molecule has 0 saturated carbocycles. The maximum atomic E-state index is 13.9. The van der Waals surface area contributed by atoms with Crippen molar-refractivity contribution < 1.29 is 45.8 Å². The summed E-state index contributed by atoms with van der Waals surface area (Å²) in [5.74, 6) is -3.80. The van der Waals surface area contributed by atoms with Crippen LogP contribution in [-0.4, -0.2) is 68.6 Å². The summed E-state index contributed by atoms with van der Waals surface area (Å²) in [6.45, 7) is 9.02. The number of hydrogen-bond donors (Lipinski definition) is 0. The number of alkyl halides is 3. The van der Waals surface area contributed by atoms with Crippen LogP contribution in [0.1, 0.15) is 53.5 Å². The van der Waals surface area contributed by atoms with E-state index in [0.717, 1.165) is 5.56 Å². The minimum atomic E-state index is -5.30. The molecule has 12 nitrogen and oxygen atoms in total. The molecule has 0 aliphatic heterocycles. The number of rotatable bonds is 12. The molecule has 16 heteroatoms. The van der Waals surface area contributed by atoms with Gasteiger partial charge in [-0.2, -0.15) is 23.1 Å². The molecule has 0 aliphatic carbocycles. The molecule has 3 aromatic rings. The fourth-order valence-corrected chi connectivity index (χ4v) is 6.40. The van der Waals surface area contributed by atoms with Crippen LogP contribution in [0.25, 0.3) is 11.2 Å². The molecule has 2 aromatic heterocycles. The van der Waals surface area contributed by atoms with Crippen molar-refractivity contribution in [1.82, 2.24) is 19.5 Å². The van der Waals surface area contributed by atoms with Crippen LogP contribution >= 0.6 is 7.60 Å². The van der Waals surface area contributed by atoms with Gasteiger partial charge >= 0.3 is 25.6 Å². The zero-order chi connectivity index (χ0) is 32.9. The summed E-state index contributed by atoms with van der Waals surface area (Å²) in [6, 6.07) is 8.90. The topological polar surface area (TPSA) is 135 Å². The Labute approximate surface area is 253 Å². The predicted molar refractivity (Wildman–Crippen MR) is 155 cm³/mol. The number of carbonyl (C=O) groups excluding carboxylic acids is 2. The first kappa shape index (κ1) is 34.9.